The van der Waals surface area contributed by atoms with Gasteiger partial charge in [0.05, 0.1) is 10.9 Å². The molecule has 0 unspecified atom stereocenters. The lowest BCUT2D eigenvalue weighted by Gasteiger charge is -2.20. The van der Waals surface area contributed by atoms with Gasteiger partial charge in [-0.2, -0.15) is 0 Å². The van der Waals surface area contributed by atoms with E-state index in [2.05, 4.69) is 0 Å². The highest BCUT2D eigenvalue weighted by molar-refractivity contribution is 7.16. The molecule has 0 spiro atoms. The van der Waals surface area contributed by atoms with Crippen LogP contribution in [0.3, 0.4) is 0 Å². The average molecular weight is 310 g/mol. The molecule has 0 aliphatic heterocycles. The zero-order valence-electron chi connectivity index (χ0n) is 10.9. The molecule has 1 aromatic carbocycles. The Balaban J connectivity index is 2.11. The van der Waals surface area contributed by atoms with Crippen LogP contribution in [0.2, 0.25) is 4.34 Å². The van der Waals surface area contributed by atoms with Crippen molar-refractivity contribution in [3.63, 3.8) is 0 Å². The zero-order valence-corrected chi connectivity index (χ0v) is 12.5. The zero-order chi connectivity index (χ0) is 14.5. The molecule has 2 rings (SSSR count). The van der Waals surface area contributed by atoms with Crippen LogP contribution >= 0.6 is 22.9 Å². The Morgan fingerprint density at radius 3 is 2.55 bits per heavy atom. The molecule has 0 fully saturated rings. The average Bonchev–Trinajstić information content (AvgIpc) is 2.77. The standard InChI is InChI=1S/C14H16ClN3OS/c15-13-6-5-11(20-13)8-18(9-14(17)19)7-10-3-1-2-4-12(10)16/h1-6H,7-9,16H2,(H2,17,19). The molecule has 1 amide bonds. The number of rotatable bonds is 6. The number of anilines is 1. The van der Waals surface area contributed by atoms with Gasteiger partial charge in [0.25, 0.3) is 0 Å². The number of nitrogens with zero attached hydrogens (tertiary/aromatic N) is 1. The van der Waals surface area contributed by atoms with Crippen LogP contribution in [-0.4, -0.2) is 17.4 Å². The summed E-state index contributed by atoms with van der Waals surface area (Å²) in [6.07, 6.45) is 0. The Labute approximate surface area is 126 Å². The van der Waals surface area contributed by atoms with E-state index in [0.29, 0.717) is 18.8 Å². The highest BCUT2D eigenvalue weighted by atomic mass is 35.5. The molecule has 4 nitrogen and oxygen atoms in total. The number of benzene rings is 1. The quantitative estimate of drug-likeness (QED) is 0.805. The van der Waals surface area contributed by atoms with Gasteiger partial charge in [0, 0.05) is 23.7 Å². The second-order valence-corrected chi connectivity index (χ2v) is 6.32. The van der Waals surface area contributed by atoms with Crippen LogP contribution in [0.15, 0.2) is 36.4 Å². The van der Waals surface area contributed by atoms with Gasteiger partial charge in [0.1, 0.15) is 0 Å². The van der Waals surface area contributed by atoms with Crippen molar-refractivity contribution >= 4 is 34.5 Å². The van der Waals surface area contributed by atoms with Crippen LogP contribution in [0.5, 0.6) is 0 Å². The number of thiophene rings is 1. The molecule has 0 aliphatic rings. The number of carbonyl (C=O) groups is 1. The van der Waals surface area contributed by atoms with Crippen molar-refractivity contribution in [1.82, 2.24) is 4.90 Å². The minimum absolute atomic E-state index is 0.184. The predicted molar refractivity (Wildman–Crippen MR) is 83.5 cm³/mol. The van der Waals surface area contributed by atoms with Crippen LogP contribution in [-0.2, 0) is 17.9 Å². The largest absolute Gasteiger partial charge is 0.398 e. The fraction of sp³-hybridized carbons (Fsp3) is 0.214. The van der Waals surface area contributed by atoms with Crippen molar-refractivity contribution in [3.8, 4) is 0 Å². The molecule has 6 heteroatoms. The SMILES string of the molecule is NC(=O)CN(Cc1ccc(Cl)s1)Cc1ccccc1N. The van der Waals surface area contributed by atoms with Gasteiger partial charge in [-0.1, -0.05) is 29.8 Å². The van der Waals surface area contributed by atoms with Gasteiger partial charge in [0.2, 0.25) is 5.91 Å². The van der Waals surface area contributed by atoms with Crippen LogP contribution < -0.4 is 11.5 Å². The summed E-state index contributed by atoms with van der Waals surface area (Å²) in [7, 11) is 0. The Bertz CT molecular complexity index is 600. The fourth-order valence-corrected chi connectivity index (χ4v) is 3.09. The summed E-state index contributed by atoms with van der Waals surface area (Å²) in [4.78, 5) is 14.3. The number of hydrogen-bond acceptors (Lipinski definition) is 4. The first-order valence-electron chi connectivity index (χ1n) is 6.13. The molecule has 1 aromatic heterocycles. The fourth-order valence-electron chi connectivity index (χ4n) is 1.96. The predicted octanol–water partition coefficient (Wildman–Crippen LogP) is 2.47. The van der Waals surface area contributed by atoms with E-state index >= 15 is 0 Å². The van der Waals surface area contributed by atoms with E-state index in [1.54, 1.807) is 0 Å². The molecular weight excluding hydrogens is 294 g/mol. The molecule has 0 saturated heterocycles. The van der Waals surface area contributed by atoms with Gasteiger partial charge in [-0.05, 0) is 23.8 Å². The van der Waals surface area contributed by atoms with Gasteiger partial charge in [-0.15, -0.1) is 11.3 Å². The number of carbonyl (C=O) groups excluding carboxylic acids is 1. The van der Waals surface area contributed by atoms with E-state index in [-0.39, 0.29) is 12.5 Å². The molecule has 20 heavy (non-hydrogen) atoms. The summed E-state index contributed by atoms with van der Waals surface area (Å²) in [5.74, 6) is -0.359. The van der Waals surface area contributed by atoms with E-state index in [9.17, 15) is 4.79 Å². The molecule has 0 bridgehead atoms. The van der Waals surface area contributed by atoms with Crippen LogP contribution in [0.4, 0.5) is 5.69 Å². The maximum atomic E-state index is 11.2. The summed E-state index contributed by atoms with van der Waals surface area (Å²) in [5.41, 5.74) is 12.9. The van der Waals surface area contributed by atoms with Crippen LogP contribution in [0.1, 0.15) is 10.4 Å². The van der Waals surface area contributed by atoms with Gasteiger partial charge in [0.15, 0.2) is 0 Å². The van der Waals surface area contributed by atoms with Crippen molar-refractivity contribution in [2.24, 2.45) is 5.73 Å². The Kier molecular flexibility index (Phi) is 5.00. The summed E-state index contributed by atoms with van der Waals surface area (Å²) < 4.78 is 0.734. The van der Waals surface area contributed by atoms with Crippen molar-refractivity contribution in [2.45, 2.75) is 13.1 Å². The molecule has 0 radical (unpaired) electrons. The topological polar surface area (TPSA) is 72.4 Å². The number of primary amides is 1. The van der Waals surface area contributed by atoms with E-state index in [4.69, 9.17) is 23.1 Å². The molecule has 2 aromatic rings. The monoisotopic (exact) mass is 309 g/mol. The van der Waals surface area contributed by atoms with E-state index in [0.717, 1.165) is 14.8 Å². The van der Waals surface area contributed by atoms with Crippen molar-refractivity contribution in [1.29, 1.82) is 0 Å². The third-order valence-corrected chi connectivity index (χ3v) is 4.05. The first-order valence-corrected chi connectivity index (χ1v) is 7.32. The molecule has 0 saturated carbocycles. The summed E-state index contributed by atoms with van der Waals surface area (Å²) >= 11 is 7.42. The molecule has 4 N–H and O–H groups in total. The van der Waals surface area contributed by atoms with Crippen LogP contribution in [0, 0.1) is 0 Å². The highest BCUT2D eigenvalue weighted by Gasteiger charge is 2.12. The lowest BCUT2D eigenvalue weighted by molar-refractivity contribution is -0.119. The summed E-state index contributed by atoms with van der Waals surface area (Å²) in [5, 5.41) is 0. The molecule has 1 heterocycles. The van der Waals surface area contributed by atoms with Gasteiger partial charge in [-0.25, -0.2) is 0 Å². The normalized spacial score (nSPS) is 10.9. The minimum atomic E-state index is -0.359. The van der Waals surface area contributed by atoms with Gasteiger partial charge in [-0.3, -0.25) is 9.69 Å². The Morgan fingerprint density at radius 2 is 1.95 bits per heavy atom. The number of amides is 1. The third kappa shape index (κ3) is 4.23. The van der Waals surface area contributed by atoms with Crippen molar-refractivity contribution in [2.75, 3.05) is 12.3 Å². The molecular formula is C14H16ClN3OS. The lowest BCUT2D eigenvalue weighted by atomic mass is 10.1. The van der Waals surface area contributed by atoms with Gasteiger partial charge < -0.3 is 11.5 Å². The number of nitrogen functional groups attached to an aromatic ring is 1. The second kappa shape index (κ2) is 6.74. The third-order valence-electron chi connectivity index (χ3n) is 2.84. The van der Waals surface area contributed by atoms with Crippen molar-refractivity contribution < 1.29 is 4.79 Å². The number of para-hydroxylation sites is 1. The van der Waals surface area contributed by atoms with E-state index < -0.39 is 0 Å². The number of nitrogens with two attached hydrogens (primary N) is 2. The van der Waals surface area contributed by atoms with E-state index in [1.807, 2.05) is 41.3 Å². The maximum absolute atomic E-state index is 11.2. The van der Waals surface area contributed by atoms with Crippen molar-refractivity contribution in [3.05, 3.63) is 51.2 Å². The molecule has 0 aliphatic carbocycles. The highest BCUT2D eigenvalue weighted by Crippen LogP contribution is 2.23. The van der Waals surface area contributed by atoms with E-state index in [1.165, 1.54) is 11.3 Å². The number of hydrogen-bond donors (Lipinski definition) is 2. The minimum Gasteiger partial charge on any atom is -0.398 e. The Hall–Kier alpha value is -1.56. The van der Waals surface area contributed by atoms with Gasteiger partial charge >= 0.3 is 0 Å². The first-order chi connectivity index (χ1) is 9.54. The lowest BCUT2D eigenvalue weighted by Crippen LogP contribution is -2.33. The maximum Gasteiger partial charge on any atom is 0.231 e. The first kappa shape index (κ1) is 14.8. The Morgan fingerprint density at radius 1 is 1.20 bits per heavy atom. The number of halogens is 1. The molecule has 106 valence electrons. The summed E-state index contributed by atoms with van der Waals surface area (Å²) in [6, 6.07) is 11.4. The summed E-state index contributed by atoms with van der Waals surface area (Å²) in [6.45, 7) is 1.38. The molecule has 0 atom stereocenters. The van der Waals surface area contributed by atoms with Crippen LogP contribution in [0.25, 0.3) is 0 Å². The smallest absolute Gasteiger partial charge is 0.231 e. The second-order valence-electron chi connectivity index (χ2n) is 4.52.